The maximum Gasteiger partial charge on any atom is 0.337 e. The third kappa shape index (κ3) is 9.60. The third-order valence-electron chi connectivity index (χ3n) is 3.76. The van der Waals surface area contributed by atoms with Crippen LogP contribution in [0.3, 0.4) is 0 Å². The minimum atomic E-state index is -1.32. The van der Waals surface area contributed by atoms with Gasteiger partial charge in [-0.25, -0.2) is 19.2 Å². The number of carboxylic acids is 4. The van der Waals surface area contributed by atoms with Crippen LogP contribution < -0.4 is 11.5 Å². The fraction of sp³-hybridized carbons (Fsp3) is 0.158. The standard InChI is InChI=1S/2C8H2Br4O4.C3H10N2/c2*9-3-1(7(13)14)2(8(15)16)4(10)6(12)5(3)11;1-3(5)2-4/h2*(H,13,14)(H,15,16);3H,2,4-5H2,1H3. The fourth-order valence-electron chi connectivity index (χ4n) is 2.07. The minimum Gasteiger partial charge on any atom is -0.478 e. The van der Waals surface area contributed by atoms with Crippen LogP contribution >= 0.6 is 127 Å². The van der Waals surface area contributed by atoms with Gasteiger partial charge in [0.15, 0.2) is 0 Å². The number of rotatable bonds is 5. The molecule has 0 radical (unpaired) electrons. The molecule has 0 bridgehead atoms. The summed E-state index contributed by atoms with van der Waals surface area (Å²) in [6.07, 6.45) is 0. The lowest BCUT2D eigenvalue weighted by atomic mass is 10.1. The van der Waals surface area contributed by atoms with Crippen LogP contribution in [0.25, 0.3) is 0 Å². The molecule has 18 heteroatoms. The van der Waals surface area contributed by atoms with Crippen LogP contribution in [0.15, 0.2) is 35.8 Å². The second-order valence-corrected chi connectivity index (χ2v) is 12.8. The summed E-state index contributed by atoms with van der Waals surface area (Å²) in [5.74, 6) is -5.28. The second-order valence-electron chi connectivity index (χ2n) is 6.45. The number of hydrogen-bond acceptors (Lipinski definition) is 6. The van der Waals surface area contributed by atoms with Gasteiger partial charge in [-0.2, -0.15) is 0 Å². The van der Waals surface area contributed by atoms with E-state index in [1.807, 2.05) is 6.92 Å². The van der Waals surface area contributed by atoms with E-state index in [2.05, 4.69) is 127 Å². The zero-order valence-electron chi connectivity index (χ0n) is 17.9. The zero-order chi connectivity index (χ0) is 29.5. The van der Waals surface area contributed by atoms with Crippen LogP contribution in [0, 0.1) is 0 Å². The molecule has 0 saturated carbocycles. The molecular weight excluding hydrogens is 1020 g/mol. The van der Waals surface area contributed by atoms with E-state index in [1.54, 1.807) is 0 Å². The molecule has 0 spiro atoms. The lowest BCUT2D eigenvalue weighted by molar-refractivity contribution is 0.0649. The highest BCUT2D eigenvalue weighted by molar-refractivity contribution is 9.15. The summed E-state index contributed by atoms with van der Waals surface area (Å²) in [6, 6.07) is 0.162. The highest BCUT2D eigenvalue weighted by Gasteiger charge is 2.28. The van der Waals surface area contributed by atoms with Crippen LogP contribution in [0.1, 0.15) is 48.4 Å². The van der Waals surface area contributed by atoms with Crippen molar-refractivity contribution < 1.29 is 39.6 Å². The van der Waals surface area contributed by atoms with Gasteiger partial charge < -0.3 is 31.9 Å². The van der Waals surface area contributed by atoms with E-state index in [4.69, 9.17) is 31.9 Å². The Morgan fingerprint density at radius 2 is 0.676 bits per heavy atom. The van der Waals surface area contributed by atoms with Crippen molar-refractivity contribution in [2.24, 2.45) is 11.5 Å². The molecule has 0 aliphatic heterocycles. The summed E-state index contributed by atoms with van der Waals surface area (Å²) < 4.78 is 2.42. The average molecular weight is 1040 g/mol. The maximum atomic E-state index is 11.0. The van der Waals surface area contributed by atoms with Crippen molar-refractivity contribution in [1.29, 1.82) is 0 Å². The Morgan fingerprint density at radius 3 is 0.757 bits per heavy atom. The van der Waals surface area contributed by atoms with E-state index in [0.717, 1.165) is 0 Å². The first-order valence-corrected chi connectivity index (χ1v) is 15.3. The Hall–Kier alpha value is 0.0800. The van der Waals surface area contributed by atoms with Crippen molar-refractivity contribution in [2.45, 2.75) is 13.0 Å². The smallest absolute Gasteiger partial charge is 0.337 e. The summed E-state index contributed by atoms with van der Waals surface area (Å²) in [7, 11) is 0. The molecule has 0 heterocycles. The summed E-state index contributed by atoms with van der Waals surface area (Å²) in [4.78, 5) is 44.0. The number of nitrogens with two attached hydrogens (primary N) is 2. The molecule has 0 aromatic heterocycles. The molecule has 2 aromatic carbocycles. The lowest BCUT2D eigenvalue weighted by Crippen LogP contribution is -2.25. The molecule has 0 fully saturated rings. The first kappa shape index (κ1) is 37.1. The van der Waals surface area contributed by atoms with Crippen molar-refractivity contribution in [2.75, 3.05) is 6.54 Å². The number of halogens is 8. The summed E-state index contributed by atoms with van der Waals surface area (Å²) in [5.41, 5.74) is 8.97. The van der Waals surface area contributed by atoms with Gasteiger partial charge in [0, 0.05) is 48.4 Å². The van der Waals surface area contributed by atoms with E-state index in [0.29, 0.717) is 24.4 Å². The Balaban J connectivity index is 0.000000594. The third-order valence-corrected chi connectivity index (χ3v) is 13.3. The predicted molar refractivity (Wildman–Crippen MR) is 165 cm³/mol. The molecular formula is C19H14Br8N2O8. The first-order valence-electron chi connectivity index (χ1n) is 8.95. The molecule has 8 N–H and O–H groups in total. The zero-order valence-corrected chi connectivity index (χ0v) is 30.6. The highest BCUT2D eigenvalue weighted by Crippen LogP contribution is 2.43. The lowest BCUT2D eigenvalue weighted by Gasteiger charge is -2.11. The number of hydrogen-bond donors (Lipinski definition) is 6. The van der Waals surface area contributed by atoms with Gasteiger partial charge in [0.05, 0.1) is 22.3 Å². The van der Waals surface area contributed by atoms with Gasteiger partial charge in [-0.15, -0.1) is 0 Å². The quantitative estimate of drug-likeness (QED) is 0.128. The molecule has 0 aliphatic rings. The molecule has 2 rings (SSSR count). The van der Waals surface area contributed by atoms with E-state index in [1.165, 1.54) is 0 Å². The van der Waals surface area contributed by atoms with E-state index in [-0.39, 0.29) is 46.2 Å². The van der Waals surface area contributed by atoms with Crippen molar-refractivity contribution in [3.63, 3.8) is 0 Å². The van der Waals surface area contributed by atoms with Gasteiger partial charge in [-0.1, -0.05) is 0 Å². The van der Waals surface area contributed by atoms with E-state index < -0.39 is 23.9 Å². The maximum absolute atomic E-state index is 11.0. The molecule has 204 valence electrons. The van der Waals surface area contributed by atoms with E-state index >= 15 is 0 Å². The summed E-state index contributed by atoms with van der Waals surface area (Å²) in [5, 5.41) is 35.9. The van der Waals surface area contributed by atoms with Gasteiger partial charge >= 0.3 is 23.9 Å². The van der Waals surface area contributed by atoms with E-state index in [9.17, 15) is 19.2 Å². The van der Waals surface area contributed by atoms with Crippen LogP contribution in [0.2, 0.25) is 0 Å². The topological polar surface area (TPSA) is 201 Å². The van der Waals surface area contributed by atoms with Gasteiger partial charge in [0.25, 0.3) is 0 Å². The Labute approximate surface area is 276 Å². The Kier molecular flexibility index (Phi) is 16.4. The predicted octanol–water partition coefficient (Wildman–Crippen LogP) is 7.56. The van der Waals surface area contributed by atoms with Crippen molar-refractivity contribution in [3.8, 4) is 0 Å². The molecule has 0 saturated heterocycles. The Morgan fingerprint density at radius 1 is 0.541 bits per heavy atom. The minimum absolute atomic E-state index is 0.162. The van der Waals surface area contributed by atoms with Crippen LogP contribution in [-0.4, -0.2) is 56.9 Å². The average Bonchev–Trinajstić information content (AvgIpc) is 2.80. The highest BCUT2D eigenvalue weighted by atomic mass is 79.9. The molecule has 10 nitrogen and oxygen atoms in total. The van der Waals surface area contributed by atoms with Crippen molar-refractivity contribution >= 4 is 151 Å². The molecule has 0 aliphatic carbocycles. The van der Waals surface area contributed by atoms with Crippen molar-refractivity contribution in [1.82, 2.24) is 0 Å². The number of carboxylic acid groups (broad SMARTS) is 4. The molecule has 1 unspecified atom stereocenters. The van der Waals surface area contributed by atoms with Gasteiger partial charge in [0.1, 0.15) is 0 Å². The first-order chi connectivity index (χ1) is 16.8. The monoisotopic (exact) mass is 1030 g/mol. The van der Waals surface area contributed by atoms with Gasteiger partial charge in [0.2, 0.25) is 0 Å². The summed E-state index contributed by atoms with van der Waals surface area (Å²) in [6.45, 7) is 2.46. The molecule has 0 amide bonds. The normalized spacial score (nSPS) is 10.9. The second kappa shape index (κ2) is 16.4. The molecule has 37 heavy (non-hydrogen) atoms. The van der Waals surface area contributed by atoms with Crippen LogP contribution in [0.4, 0.5) is 0 Å². The molecule has 2 aromatic rings. The van der Waals surface area contributed by atoms with Gasteiger partial charge in [-0.3, -0.25) is 0 Å². The molecule has 1 atom stereocenters. The van der Waals surface area contributed by atoms with Crippen LogP contribution in [0.5, 0.6) is 0 Å². The van der Waals surface area contributed by atoms with Gasteiger partial charge in [-0.05, 0) is 134 Å². The summed E-state index contributed by atoms with van der Waals surface area (Å²) >= 11 is 24.8. The largest absolute Gasteiger partial charge is 0.478 e. The number of benzene rings is 2. The fourth-order valence-corrected chi connectivity index (χ4v) is 6.98. The van der Waals surface area contributed by atoms with Crippen molar-refractivity contribution in [3.05, 3.63) is 58.0 Å². The Bertz CT molecular complexity index is 1070. The van der Waals surface area contributed by atoms with Crippen LogP contribution in [-0.2, 0) is 0 Å². The SMILES string of the molecule is CC(N)CN.O=C(O)c1c(Br)c(Br)c(Br)c(Br)c1C(=O)O.O=C(O)c1c(Br)c(Br)c(Br)c(Br)c1C(=O)O. The number of aromatic carboxylic acids is 4. The number of carbonyl (C=O) groups is 4.